The third kappa shape index (κ3) is 2.96. The van der Waals surface area contributed by atoms with Gasteiger partial charge in [-0.2, -0.15) is 0 Å². The summed E-state index contributed by atoms with van der Waals surface area (Å²) in [5.41, 5.74) is -0.226. The monoisotopic (exact) mass is 295 g/mol. The van der Waals surface area contributed by atoms with Gasteiger partial charge >= 0.3 is 5.97 Å². The van der Waals surface area contributed by atoms with Gasteiger partial charge in [0.2, 0.25) is 5.91 Å². The number of carboxylic acids is 1. The molecule has 1 aromatic carbocycles. The summed E-state index contributed by atoms with van der Waals surface area (Å²) >= 11 is 6.02. The number of carbonyl (C=O) groups is 2. The molecule has 0 aliphatic heterocycles. The Labute approximate surface area is 123 Å². The molecule has 0 radical (unpaired) electrons. The number of aromatic carboxylic acids is 1. The second-order valence-corrected chi connectivity index (χ2v) is 5.95. The van der Waals surface area contributed by atoms with E-state index in [1.807, 2.05) is 6.92 Å². The minimum atomic E-state index is -1.10. The number of carboxylic acid groups (broad SMARTS) is 1. The van der Waals surface area contributed by atoms with Crippen molar-refractivity contribution in [1.29, 1.82) is 0 Å². The molecule has 0 heterocycles. The number of amides is 1. The first-order valence-corrected chi connectivity index (χ1v) is 7.15. The molecule has 1 amide bonds. The van der Waals surface area contributed by atoms with Gasteiger partial charge in [-0.15, -0.1) is 0 Å². The first-order valence-electron chi connectivity index (χ1n) is 6.77. The fourth-order valence-electron chi connectivity index (χ4n) is 2.65. The molecule has 2 rings (SSSR count). The van der Waals surface area contributed by atoms with E-state index in [9.17, 15) is 9.59 Å². The van der Waals surface area contributed by atoms with Crippen molar-refractivity contribution in [2.24, 2.45) is 5.41 Å². The molecule has 20 heavy (non-hydrogen) atoms. The fraction of sp³-hybridized carbons (Fsp3) is 0.467. The molecule has 1 fully saturated rings. The van der Waals surface area contributed by atoms with Gasteiger partial charge in [-0.3, -0.25) is 4.79 Å². The second kappa shape index (κ2) is 5.83. The molecule has 0 saturated heterocycles. The van der Waals surface area contributed by atoms with Crippen molar-refractivity contribution >= 4 is 29.2 Å². The maximum absolute atomic E-state index is 12.5. The van der Waals surface area contributed by atoms with E-state index in [0.29, 0.717) is 0 Å². The lowest BCUT2D eigenvalue weighted by Crippen LogP contribution is -2.35. The maximum atomic E-state index is 12.5. The van der Waals surface area contributed by atoms with Crippen molar-refractivity contribution in [3.05, 3.63) is 28.8 Å². The van der Waals surface area contributed by atoms with Crippen molar-refractivity contribution in [3.8, 4) is 0 Å². The van der Waals surface area contributed by atoms with Crippen LogP contribution in [0.4, 0.5) is 5.69 Å². The van der Waals surface area contributed by atoms with Crippen molar-refractivity contribution in [2.75, 3.05) is 5.32 Å². The van der Waals surface area contributed by atoms with E-state index in [2.05, 4.69) is 5.32 Å². The molecule has 0 bridgehead atoms. The zero-order valence-electron chi connectivity index (χ0n) is 11.4. The average molecular weight is 296 g/mol. The van der Waals surface area contributed by atoms with Crippen LogP contribution >= 0.6 is 11.6 Å². The molecular weight excluding hydrogens is 278 g/mol. The zero-order chi connectivity index (χ0) is 14.8. The molecule has 1 saturated carbocycles. The SMILES string of the molecule is CC1(C(=O)Nc2c(Cl)cccc2C(=O)O)CCCCC1. The molecule has 2 N–H and O–H groups in total. The number of hydrogen-bond acceptors (Lipinski definition) is 2. The third-order valence-corrected chi connectivity index (χ3v) is 4.30. The number of halogens is 1. The van der Waals surface area contributed by atoms with E-state index in [4.69, 9.17) is 16.7 Å². The Morgan fingerprint density at radius 1 is 1.25 bits per heavy atom. The Hall–Kier alpha value is -1.55. The smallest absolute Gasteiger partial charge is 0.337 e. The van der Waals surface area contributed by atoms with E-state index in [0.717, 1.165) is 32.1 Å². The van der Waals surface area contributed by atoms with Gasteiger partial charge in [-0.05, 0) is 25.0 Å². The molecule has 1 aliphatic rings. The van der Waals surface area contributed by atoms with E-state index in [-0.39, 0.29) is 22.2 Å². The number of benzene rings is 1. The lowest BCUT2D eigenvalue weighted by Gasteiger charge is -2.32. The van der Waals surface area contributed by atoms with Gasteiger partial charge in [0.05, 0.1) is 16.3 Å². The lowest BCUT2D eigenvalue weighted by atomic mass is 9.75. The Bertz CT molecular complexity index is 536. The molecule has 0 atom stereocenters. The highest BCUT2D eigenvalue weighted by Gasteiger charge is 2.35. The minimum absolute atomic E-state index is 0.0188. The minimum Gasteiger partial charge on any atom is -0.478 e. The third-order valence-electron chi connectivity index (χ3n) is 3.99. The molecule has 4 nitrogen and oxygen atoms in total. The van der Waals surface area contributed by atoms with E-state index in [1.54, 1.807) is 12.1 Å². The molecule has 1 aliphatic carbocycles. The Balaban J connectivity index is 2.25. The van der Waals surface area contributed by atoms with Crippen LogP contribution in [0.5, 0.6) is 0 Å². The Kier molecular flexibility index (Phi) is 4.33. The summed E-state index contributed by atoms with van der Waals surface area (Å²) in [6.07, 6.45) is 4.85. The van der Waals surface area contributed by atoms with Crippen molar-refractivity contribution in [3.63, 3.8) is 0 Å². The van der Waals surface area contributed by atoms with E-state index < -0.39 is 11.4 Å². The van der Waals surface area contributed by atoms with Crippen LogP contribution in [0.1, 0.15) is 49.4 Å². The highest BCUT2D eigenvalue weighted by atomic mass is 35.5. The van der Waals surface area contributed by atoms with Crippen LogP contribution in [0.3, 0.4) is 0 Å². The molecule has 108 valence electrons. The van der Waals surface area contributed by atoms with E-state index >= 15 is 0 Å². The molecular formula is C15H18ClNO3. The van der Waals surface area contributed by atoms with Crippen LogP contribution in [0, 0.1) is 5.41 Å². The Morgan fingerprint density at radius 2 is 1.90 bits per heavy atom. The van der Waals surface area contributed by atoms with Gasteiger partial charge in [0.15, 0.2) is 0 Å². The quantitative estimate of drug-likeness (QED) is 0.887. The largest absolute Gasteiger partial charge is 0.478 e. The predicted octanol–water partition coefficient (Wildman–Crippen LogP) is 3.95. The fourth-order valence-corrected chi connectivity index (χ4v) is 2.87. The topological polar surface area (TPSA) is 66.4 Å². The standard InChI is InChI=1S/C15H18ClNO3/c1-15(8-3-2-4-9-15)14(20)17-12-10(13(18)19)6-5-7-11(12)16/h5-7H,2-4,8-9H2,1H3,(H,17,20)(H,18,19). The van der Waals surface area contributed by atoms with Crippen molar-refractivity contribution < 1.29 is 14.7 Å². The summed E-state index contributed by atoms with van der Waals surface area (Å²) in [6, 6.07) is 4.57. The number of nitrogens with one attached hydrogen (secondary N) is 1. The zero-order valence-corrected chi connectivity index (χ0v) is 12.2. The lowest BCUT2D eigenvalue weighted by molar-refractivity contribution is -0.126. The molecule has 0 unspecified atom stereocenters. The van der Waals surface area contributed by atoms with Gasteiger partial charge in [0.1, 0.15) is 0 Å². The van der Waals surface area contributed by atoms with Crippen LogP contribution in [0.25, 0.3) is 0 Å². The van der Waals surface area contributed by atoms with Gasteiger partial charge in [-0.1, -0.05) is 43.9 Å². The molecule has 1 aromatic rings. The number of anilines is 1. The van der Waals surface area contributed by atoms with Crippen LogP contribution in [0.15, 0.2) is 18.2 Å². The highest BCUT2D eigenvalue weighted by molar-refractivity contribution is 6.34. The summed E-state index contributed by atoms with van der Waals surface area (Å²) in [5.74, 6) is -1.25. The van der Waals surface area contributed by atoms with Crippen LogP contribution in [-0.2, 0) is 4.79 Å². The highest BCUT2D eigenvalue weighted by Crippen LogP contribution is 2.37. The number of para-hydroxylation sites is 1. The van der Waals surface area contributed by atoms with Gasteiger partial charge < -0.3 is 10.4 Å². The van der Waals surface area contributed by atoms with Crippen molar-refractivity contribution in [1.82, 2.24) is 0 Å². The van der Waals surface area contributed by atoms with E-state index in [1.165, 1.54) is 6.07 Å². The Morgan fingerprint density at radius 3 is 2.50 bits per heavy atom. The average Bonchev–Trinajstić information content (AvgIpc) is 2.41. The van der Waals surface area contributed by atoms with Crippen LogP contribution in [0.2, 0.25) is 5.02 Å². The second-order valence-electron chi connectivity index (χ2n) is 5.54. The summed E-state index contributed by atoms with van der Waals surface area (Å²) in [4.78, 5) is 23.7. The number of carbonyl (C=O) groups excluding carboxylic acids is 1. The molecule has 0 spiro atoms. The summed E-state index contributed by atoms with van der Waals surface area (Å²) in [6.45, 7) is 1.93. The van der Waals surface area contributed by atoms with Gasteiger partial charge in [0.25, 0.3) is 0 Å². The number of hydrogen-bond donors (Lipinski definition) is 2. The predicted molar refractivity (Wildman–Crippen MR) is 78.2 cm³/mol. The number of rotatable bonds is 3. The normalized spacial score (nSPS) is 17.5. The van der Waals surface area contributed by atoms with Gasteiger partial charge in [-0.25, -0.2) is 4.79 Å². The molecule has 5 heteroatoms. The first kappa shape index (κ1) is 14.9. The summed E-state index contributed by atoms with van der Waals surface area (Å²) in [7, 11) is 0. The summed E-state index contributed by atoms with van der Waals surface area (Å²) in [5, 5.41) is 12.1. The maximum Gasteiger partial charge on any atom is 0.337 e. The molecule has 0 aromatic heterocycles. The first-order chi connectivity index (χ1) is 9.44. The van der Waals surface area contributed by atoms with Gasteiger partial charge in [0, 0.05) is 5.41 Å². The summed E-state index contributed by atoms with van der Waals surface area (Å²) < 4.78 is 0. The van der Waals surface area contributed by atoms with Crippen molar-refractivity contribution in [2.45, 2.75) is 39.0 Å². The van der Waals surface area contributed by atoms with Crippen LogP contribution < -0.4 is 5.32 Å². The van der Waals surface area contributed by atoms with Crippen LogP contribution in [-0.4, -0.2) is 17.0 Å².